The second kappa shape index (κ2) is 7.20. The van der Waals surface area contributed by atoms with Crippen molar-refractivity contribution in [2.45, 2.75) is 32.5 Å². The summed E-state index contributed by atoms with van der Waals surface area (Å²) in [7, 11) is 2.07. The molecule has 5 rings (SSSR count). The van der Waals surface area contributed by atoms with Crippen molar-refractivity contribution >= 4 is 28.5 Å². The number of rotatable bonds is 4. The zero-order chi connectivity index (χ0) is 20.8. The number of aromatic nitrogens is 1. The van der Waals surface area contributed by atoms with Crippen LogP contribution in [0.25, 0.3) is 10.9 Å². The number of hydrogen-bond acceptors (Lipinski definition) is 4. The van der Waals surface area contributed by atoms with Crippen LogP contribution in [0.5, 0.6) is 0 Å². The number of nitrogens with zero attached hydrogens (tertiary/aromatic N) is 3. The van der Waals surface area contributed by atoms with Crippen LogP contribution in [0.4, 0.5) is 5.69 Å². The molecule has 2 aromatic carbocycles. The smallest absolute Gasteiger partial charge is 0.302 e. The van der Waals surface area contributed by atoms with Gasteiger partial charge in [0.1, 0.15) is 6.17 Å². The molecule has 0 unspecified atom stereocenters. The van der Waals surface area contributed by atoms with Crippen LogP contribution in [0.1, 0.15) is 41.1 Å². The number of benzene rings is 2. The Bertz CT molecular complexity index is 1150. The van der Waals surface area contributed by atoms with Gasteiger partial charge in [0.05, 0.1) is 23.6 Å². The molecule has 0 radical (unpaired) electrons. The number of hydrogen-bond donors (Lipinski definition) is 0. The number of amides is 1. The van der Waals surface area contributed by atoms with Crippen molar-refractivity contribution in [3.05, 3.63) is 65.4 Å². The molecule has 2 aliphatic rings. The van der Waals surface area contributed by atoms with Crippen molar-refractivity contribution in [1.82, 2.24) is 9.47 Å². The molecule has 6 nitrogen and oxygen atoms in total. The van der Waals surface area contributed by atoms with Gasteiger partial charge in [-0.3, -0.25) is 9.59 Å². The lowest BCUT2D eigenvalue weighted by molar-refractivity contribution is -0.141. The lowest BCUT2D eigenvalue weighted by atomic mass is 9.96. The van der Waals surface area contributed by atoms with E-state index in [1.165, 1.54) is 29.1 Å². The van der Waals surface area contributed by atoms with Crippen LogP contribution in [0, 0.1) is 0 Å². The normalized spacial score (nSPS) is 17.5. The summed E-state index contributed by atoms with van der Waals surface area (Å²) in [4.78, 5) is 28.7. The third-order valence-corrected chi connectivity index (χ3v) is 6.24. The van der Waals surface area contributed by atoms with Gasteiger partial charge in [0, 0.05) is 38.0 Å². The third kappa shape index (κ3) is 2.78. The van der Waals surface area contributed by atoms with Crippen LogP contribution in [0.15, 0.2) is 48.5 Å². The van der Waals surface area contributed by atoms with Gasteiger partial charge in [-0.05, 0) is 36.6 Å². The Morgan fingerprint density at radius 1 is 1.13 bits per heavy atom. The Kier molecular flexibility index (Phi) is 4.50. The lowest BCUT2D eigenvalue weighted by Gasteiger charge is -2.46. The van der Waals surface area contributed by atoms with Gasteiger partial charge >= 0.3 is 5.97 Å². The summed E-state index contributed by atoms with van der Waals surface area (Å²) in [5, 5.41) is 1.25. The Morgan fingerprint density at radius 3 is 2.73 bits per heavy atom. The minimum atomic E-state index is -0.255. The first-order chi connectivity index (χ1) is 14.6. The number of carbonyl (C=O) groups excluding carboxylic acids is 2. The number of carbonyl (C=O) groups is 2. The molecule has 0 fully saturated rings. The summed E-state index contributed by atoms with van der Waals surface area (Å²) >= 11 is 0. The molecule has 1 amide bonds. The number of esters is 1. The maximum absolute atomic E-state index is 13.3. The molecular formula is C24H25N3O3. The third-order valence-electron chi connectivity index (χ3n) is 6.24. The maximum Gasteiger partial charge on any atom is 0.302 e. The van der Waals surface area contributed by atoms with E-state index >= 15 is 0 Å². The van der Waals surface area contributed by atoms with Crippen LogP contribution < -0.4 is 4.90 Å². The lowest BCUT2D eigenvalue weighted by Crippen LogP contribution is -2.51. The van der Waals surface area contributed by atoms with Gasteiger partial charge in [-0.15, -0.1) is 0 Å². The van der Waals surface area contributed by atoms with Gasteiger partial charge < -0.3 is 19.1 Å². The highest BCUT2D eigenvalue weighted by Gasteiger charge is 2.42. The minimum absolute atomic E-state index is 0.0936. The zero-order valence-corrected chi connectivity index (χ0v) is 17.3. The number of anilines is 1. The van der Waals surface area contributed by atoms with E-state index in [4.69, 9.17) is 4.74 Å². The Morgan fingerprint density at radius 2 is 1.90 bits per heavy atom. The molecule has 0 aliphatic carbocycles. The predicted molar refractivity (Wildman–Crippen MR) is 116 cm³/mol. The standard InChI is InChI=1S/C24H25N3O3/c1-16(28)30-15-7-13-26-21-11-6-3-8-17(21)18-12-14-27-23(22(18)26)25(2)20-10-5-4-9-19(20)24(27)29/h3-6,8-11,23H,7,12-15H2,1-2H3/t23-/m0/s1. The molecule has 0 saturated carbocycles. The summed E-state index contributed by atoms with van der Waals surface area (Å²) in [6.07, 6.45) is 1.42. The van der Waals surface area contributed by atoms with Crippen LogP contribution in [-0.4, -0.2) is 41.5 Å². The predicted octanol–water partition coefficient (Wildman–Crippen LogP) is 3.74. The molecule has 30 heavy (non-hydrogen) atoms. The minimum Gasteiger partial charge on any atom is -0.466 e. The summed E-state index contributed by atoms with van der Waals surface area (Å²) < 4.78 is 7.48. The van der Waals surface area contributed by atoms with Gasteiger partial charge in [-0.25, -0.2) is 0 Å². The number of fused-ring (bicyclic) bond motifs is 6. The summed E-state index contributed by atoms with van der Waals surface area (Å²) in [6.45, 7) is 3.27. The monoisotopic (exact) mass is 403 g/mol. The van der Waals surface area contributed by atoms with Gasteiger partial charge in [-0.2, -0.15) is 0 Å². The van der Waals surface area contributed by atoms with Gasteiger partial charge in [0.25, 0.3) is 5.91 Å². The van der Waals surface area contributed by atoms with E-state index in [0.717, 1.165) is 30.6 Å². The van der Waals surface area contributed by atoms with E-state index in [1.807, 2.05) is 29.2 Å². The first kappa shape index (κ1) is 18.7. The maximum atomic E-state index is 13.3. The zero-order valence-electron chi connectivity index (χ0n) is 17.3. The van der Waals surface area contributed by atoms with Crippen LogP contribution in [0.3, 0.4) is 0 Å². The van der Waals surface area contributed by atoms with Crippen molar-refractivity contribution in [3.63, 3.8) is 0 Å². The fourth-order valence-electron chi connectivity index (χ4n) is 4.99. The fourth-order valence-corrected chi connectivity index (χ4v) is 4.99. The van der Waals surface area contributed by atoms with E-state index in [2.05, 4.69) is 40.8 Å². The quantitative estimate of drug-likeness (QED) is 0.492. The Balaban J connectivity index is 1.62. The highest BCUT2D eigenvalue weighted by Crippen LogP contribution is 2.44. The molecule has 1 aromatic heterocycles. The molecule has 6 heteroatoms. The summed E-state index contributed by atoms with van der Waals surface area (Å²) in [6, 6.07) is 16.3. The van der Waals surface area contributed by atoms with Crippen molar-refractivity contribution < 1.29 is 14.3 Å². The molecule has 2 aliphatic heterocycles. The molecule has 3 heterocycles. The number of aryl methyl sites for hydroxylation is 1. The molecule has 0 saturated heterocycles. The summed E-state index contributed by atoms with van der Waals surface area (Å²) in [5.41, 5.74) is 5.39. The topological polar surface area (TPSA) is 54.8 Å². The average molecular weight is 403 g/mol. The summed E-state index contributed by atoms with van der Waals surface area (Å²) in [5.74, 6) is -0.161. The second-order valence-electron chi connectivity index (χ2n) is 7.98. The molecule has 0 bridgehead atoms. The van der Waals surface area contributed by atoms with Crippen molar-refractivity contribution in [2.24, 2.45) is 0 Å². The number of para-hydroxylation sites is 2. The first-order valence-corrected chi connectivity index (χ1v) is 10.4. The molecule has 3 aromatic rings. The van der Waals surface area contributed by atoms with Crippen LogP contribution in [-0.2, 0) is 22.5 Å². The van der Waals surface area contributed by atoms with Gasteiger partial charge in [0.15, 0.2) is 0 Å². The van der Waals surface area contributed by atoms with Crippen LogP contribution in [0.2, 0.25) is 0 Å². The van der Waals surface area contributed by atoms with E-state index in [-0.39, 0.29) is 18.0 Å². The van der Waals surface area contributed by atoms with Crippen molar-refractivity contribution in [2.75, 3.05) is 25.1 Å². The number of ether oxygens (including phenoxy) is 1. The highest BCUT2D eigenvalue weighted by molar-refractivity contribution is 6.02. The largest absolute Gasteiger partial charge is 0.466 e. The first-order valence-electron chi connectivity index (χ1n) is 10.4. The molecular weight excluding hydrogens is 378 g/mol. The highest BCUT2D eigenvalue weighted by atomic mass is 16.5. The average Bonchev–Trinajstić information content (AvgIpc) is 3.08. The van der Waals surface area contributed by atoms with Crippen molar-refractivity contribution in [1.29, 1.82) is 0 Å². The second-order valence-corrected chi connectivity index (χ2v) is 7.98. The Labute approximate surface area is 175 Å². The van der Waals surface area contributed by atoms with Crippen LogP contribution >= 0.6 is 0 Å². The van der Waals surface area contributed by atoms with Gasteiger partial charge in [0.2, 0.25) is 0 Å². The fraction of sp³-hybridized carbons (Fsp3) is 0.333. The van der Waals surface area contributed by atoms with E-state index in [9.17, 15) is 9.59 Å². The molecule has 0 N–H and O–H groups in total. The molecule has 0 spiro atoms. The van der Waals surface area contributed by atoms with E-state index in [0.29, 0.717) is 13.2 Å². The van der Waals surface area contributed by atoms with Crippen molar-refractivity contribution in [3.8, 4) is 0 Å². The SMILES string of the molecule is CC(=O)OCCCn1c2c(c3ccccc31)CCN1C(=O)c3ccccc3N(C)[C@H]21. The van der Waals surface area contributed by atoms with E-state index < -0.39 is 0 Å². The molecule has 1 atom stereocenters. The Hall–Kier alpha value is -3.28. The van der Waals surface area contributed by atoms with Gasteiger partial charge in [-0.1, -0.05) is 30.3 Å². The van der Waals surface area contributed by atoms with E-state index in [1.54, 1.807) is 0 Å². The molecule has 154 valence electrons.